The number of carbonyl (C=O) groups is 1. The quantitative estimate of drug-likeness (QED) is 0.523. The summed E-state index contributed by atoms with van der Waals surface area (Å²) in [5.74, 6) is 0. The van der Waals surface area contributed by atoms with E-state index in [2.05, 4.69) is 4.52 Å². The molecule has 0 bridgehead atoms. The number of carbonyl (C=O) groups excluding carboxylic acids is 1. The maximum Gasteiger partial charge on any atom is 0.544 e. The molecule has 1 saturated heterocycles. The van der Waals surface area contributed by atoms with Gasteiger partial charge in [-0.05, 0) is 4.57 Å². The fourth-order valence-corrected chi connectivity index (χ4v) is 1.11. The molecule has 0 saturated carbocycles. The second kappa shape index (κ2) is 4.35. The molecule has 7 heteroatoms. The van der Waals surface area contributed by atoms with Crippen molar-refractivity contribution in [2.24, 2.45) is 0 Å². The van der Waals surface area contributed by atoms with Crippen LogP contribution in [0.2, 0.25) is 0 Å². The van der Waals surface area contributed by atoms with Gasteiger partial charge in [0.25, 0.3) is 0 Å². The van der Waals surface area contributed by atoms with Crippen LogP contribution >= 0.6 is 8.25 Å². The fourth-order valence-electron chi connectivity index (χ4n) is 0.867. The molecule has 1 aliphatic heterocycles. The Labute approximate surface area is 70.0 Å². The van der Waals surface area contributed by atoms with Gasteiger partial charge >= 0.3 is 14.3 Å². The standard InChI is InChI=1S/C5H8NO5P/c7-5(11-12(8)9)6-1-3-10-4-2-6/h1-4H2. The molecule has 0 aromatic rings. The first kappa shape index (κ1) is 9.38. The molecule has 1 amide bonds. The third-order valence-corrected chi connectivity index (χ3v) is 1.73. The van der Waals surface area contributed by atoms with Crippen LogP contribution in [0.4, 0.5) is 4.79 Å². The predicted octanol–water partition coefficient (Wildman–Crippen LogP) is -0.527. The van der Waals surface area contributed by atoms with Crippen molar-refractivity contribution < 1.29 is 23.5 Å². The molecule has 0 aromatic heterocycles. The van der Waals surface area contributed by atoms with Crippen molar-refractivity contribution in [1.82, 2.24) is 4.90 Å². The smallest absolute Gasteiger partial charge is 0.544 e. The van der Waals surface area contributed by atoms with Gasteiger partial charge in [-0.25, -0.2) is 4.79 Å². The van der Waals surface area contributed by atoms with Gasteiger partial charge in [0.05, 0.1) is 13.2 Å². The van der Waals surface area contributed by atoms with Crippen LogP contribution in [-0.2, 0) is 13.8 Å². The third kappa shape index (κ3) is 2.73. The van der Waals surface area contributed by atoms with Gasteiger partial charge in [-0.3, -0.25) is 4.90 Å². The van der Waals surface area contributed by atoms with Gasteiger partial charge in [0.15, 0.2) is 0 Å². The van der Waals surface area contributed by atoms with E-state index in [0.29, 0.717) is 26.3 Å². The highest BCUT2D eigenvalue weighted by Gasteiger charge is 2.22. The van der Waals surface area contributed by atoms with Gasteiger partial charge in [0, 0.05) is 13.1 Å². The van der Waals surface area contributed by atoms with E-state index in [4.69, 9.17) is 4.74 Å². The molecule has 1 fully saturated rings. The van der Waals surface area contributed by atoms with Gasteiger partial charge in [-0.2, -0.15) is 4.52 Å². The van der Waals surface area contributed by atoms with E-state index in [1.807, 2.05) is 0 Å². The summed E-state index contributed by atoms with van der Waals surface area (Å²) >= 11 is 0. The zero-order valence-corrected chi connectivity index (χ0v) is 7.16. The molecule has 68 valence electrons. The monoisotopic (exact) mass is 193 g/mol. The molecule has 0 N–H and O–H groups in total. The Morgan fingerprint density at radius 2 is 2.08 bits per heavy atom. The summed E-state index contributed by atoms with van der Waals surface area (Å²) in [6.07, 6.45) is -0.825. The molecule has 1 unspecified atom stereocenters. The maximum absolute atomic E-state index is 10.9. The summed E-state index contributed by atoms with van der Waals surface area (Å²) < 4.78 is 18.9. The Balaban J connectivity index is 2.34. The molecule has 1 heterocycles. The van der Waals surface area contributed by atoms with Gasteiger partial charge in [-0.15, -0.1) is 0 Å². The lowest BCUT2D eigenvalue weighted by Gasteiger charge is -2.23. The molecular formula is C5H8NO5P. The van der Waals surface area contributed by atoms with Crippen LogP contribution in [0.15, 0.2) is 0 Å². The highest BCUT2D eigenvalue weighted by Crippen LogP contribution is 2.12. The largest absolute Gasteiger partial charge is 0.558 e. The zero-order valence-electron chi connectivity index (χ0n) is 6.26. The Kier molecular flexibility index (Phi) is 3.40. The average Bonchev–Trinajstić information content (AvgIpc) is 2.05. The van der Waals surface area contributed by atoms with Crippen molar-refractivity contribution in [1.29, 1.82) is 0 Å². The summed E-state index contributed by atoms with van der Waals surface area (Å²) in [7, 11) is -3.10. The minimum absolute atomic E-state index is 0.377. The predicted molar refractivity (Wildman–Crippen MR) is 36.5 cm³/mol. The van der Waals surface area contributed by atoms with E-state index in [9.17, 15) is 14.3 Å². The molecule has 1 rings (SSSR count). The Bertz CT molecular complexity index is 190. The molecule has 0 spiro atoms. The molecule has 6 nitrogen and oxygen atoms in total. The van der Waals surface area contributed by atoms with E-state index in [1.54, 1.807) is 0 Å². The number of morpholine rings is 1. The van der Waals surface area contributed by atoms with Crippen LogP contribution in [0, 0.1) is 0 Å². The van der Waals surface area contributed by atoms with E-state index in [-0.39, 0.29) is 0 Å². The highest BCUT2D eigenvalue weighted by molar-refractivity contribution is 7.31. The first-order valence-electron chi connectivity index (χ1n) is 3.39. The van der Waals surface area contributed by atoms with Crippen LogP contribution < -0.4 is 4.89 Å². The minimum atomic E-state index is -3.10. The van der Waals surface area contributed by atoms with E-state index in [1.165, 1.54) is 4.90 Å². The van der Waals surface area contributed by atoms with Crippen molar-refractivity contribution in [3.63, 3.8) is 0 Å². The summed E-state index contributed by atoms with van der Waals surface area (Å²) in [6.45, 7) is 1.60. The average molecular weight is 193 g/mol. The summed E-state index contributed by atoms with van der Waals surface area (Å²) in [4.78, 5) is 22.1. The SMILES string of the molecule is O=C(O[P+](=O)[O-])N1CCOCC1. The number of ether oxygens (including phenoxy) is 1. The minimum Gasteiger partial charge on any atom is -0.558 e. The number of nitrogens with zero attached hydrogens (tertiary/aromatic N) is 1. The van der Waals surface area contributed by atoms with Crippen molar-refractivity contribution in [3.8, 4) is 0 Å². The summed E-state index contributed by atoms with van der Waals surface area (Å²) in [5, 5.41) is 0. The van der Waals surface area contributed by atoms with Gasteiger partial charge < -0.3 is 9.63 Å². The molecule has 0 aromatic carbocycles. The summed E-state index contributed by atoms with van der Waals surface area (Å²) in [6, 6.07) is 0. The molecule has 1 atom stereocenters. The number of hydrogen-bond acceptors (Lipinski definition) is 5. The van der Waals surface area contributed by atoms with Crippen molar-refractivity contribution in [2.45, 2.75) is 0 Å². The summed E-state index contributed by atoms with van der Waals surface area (Å²) in [5.41, 5.74) is 0. The molecule has 12 heavy (non-hydrogen) atoms. The second-order valence-electron chi connectivity index (χ2n) is 2.18. The first-order chi connectivity index (χ1) is 5.70. The van der Waals surface area contributed by atoms with Gasteiger partial charge in [0.1, 0.15) is 0 Å². The molecule has 0 radical (unpaired) electrons. The Morgan fingerprint density at radius 1 is 1.50 bits per heavy atom. The lowest BCUT2D eigenvalue weighted by molar-refractivity contribution is -0.181. The number of amides is 1. The van der Waals surface area contributed by atoms with Crippen molar-refractivity contribution in [2.75, 3.05) is 26.3 Å². The Hall–Kier alpha value is -0.710. The third-order valence-electron chi connectivity index (χ3n) is 1.42. The van der Waals surface area contributed by atoms with Gasteiger partial charge in [-0.1, -0.05) is 0 Å². The fraction of sp³-hybridized carbons (Fsp3) is 0.800. The van der Waals surface area contributed by atoms with E-state index in [0.717, 1.165) is 0 Å². The van der Waals surface area contributed by atoms with Crippen molar-refractivity contribution in [3.05, 3.63) is 0 Å². The van der Waals surface area contributed by atoms with E-state index >= 15 is 0 Å². The highest BCUT2D eigenvalue weighted by atomic mass is 31.1. The van der Waals surface area contributed by atoms with E-state index < -0.39 is 14.3 Å². The van der Waals surface area contributed by atoms with Crippen LogP contribution in [0.25, 0.3) is 0 Å². The molecular weight excluding hydrogens is 185 g/mol. The second-order valence-corrected chi connectivity index (χ2v) is 2.81. The zero-order chi connectivity index (χ0) is 8.97. The van der Waals surface area contributed by atoms with Crippen LogP contribution in [0.5, 0.6) is 0 Å². The molecule has 0 aliphatic carbocycles. The normalized spacial score (nSPS) is 18.8. The lowest BCUT2D eigenvalue weighted by Crippen LogP contribution is -2.40. The lowest BCUT2D eigenvalue weighted by atomic mass is 10.5. The maximum atomic E-state index is 10.9. The van der Waals surface area contributed by atoms with Crippen molar-refractivity contribution >= 4 is 14.3 Å². The topological polar surface area (TPSA) is 78.9 Å². The van der Waals surface area contributed by atoms with Crippen LogP contribution in [-0.4, -0.2) is 37.3 Å². The Morgan fingerprint density at radius 3 is 2.58 bits per heavy atom. The number of hydrogen-bond donors (Lipinski definition) is 0. The van der Waals surface area contributed by atoms with Crippen LogP contribution in [0.3, 0.4) is 0 Å². The molecule has 1 aliphatic rings. The number of rotatable bonds is 1. The van der Waals surface area contributed by atoms with Gasteiger partial charge in [0.2, 0.25) is 0 Å². The first-order valence-corrected chi connectivity index (χ1v) is 4.48. The van der Waals surface area contributed by atoms with Crippen LogP contribution in [0.1, 0.15) is 0 Å².